The Morgan fingerprint density at radius 3 is 1.79 bits per heavy atom. The Hall–Kier alpha value is -4.57. The number of carbonyl (C=O) groups is 3. The number of ether oxygens (including phenoxy) is 6. The van der Waals surface area contributed by atoms with Crippen LogP contribution in [-0.4, -0.2) is 62.3 Å². The summed E-state index contributed by atoms with van der Waals surface area (Å²) in [7, 11) is 1.41. The van der Waals surface area contributed by atoms with Crippen LogP contribution in [0.5, 0.6) is 0 Å². The van der Waals surface area contributed by atoms with Crippen molar-refractivity contribution in [2.45, 2.75) is 74.8 Å². The van der Waals surface area contributed by atoms with Gasteiger partial charge >= 0.3 is 17.9 Å². The Labute approximate surface area is 281 Å². The SMILES string of the molecule is C=CCCC(=O)O[C@H]1[C@@H]2OC(=O)CCC=CCCC(=O)O[C@H]2[C@@H](OC)O[C@@H]1COC(c1ccccc1)(c1ccccc1)c1ccccc1. The van der Waals surface area contributed by atoms with Crippen molar-refractivity contribution in [2.75, 3.05) is 13.7 Å². The highest BCUT2D eigenvalue weighted by molar-refractivity contribution is 5.72. The van der Waals surface area contributed by atoms with Crippen molar-refractivity contribution in [2.24, 2.45) is 0 Å². The van der Waals surface area contributed by atoms with E-state index in [0.717, 1.165) is 16.7 Å². The van der Waals surface area contributed by atoms with Crippen LogP contribution in [0.1, 0.15) is 55.2 Å². The van der Waals surface area contributed by atoms with E-state index in [4.69, 9.17) is 28.4 Å². The predicted molar refractivity (Wildman–Crippen MR) is 178 cm³/mol. The highest BCUT2D eigenvalue weighted by Crippen LogP contribution is 2.41. The van der Waals surface area contributed by atoms with E-state index in [1.54, 1.807) is 6.08 Å². The number of hydrogen-bond acceptors (Lipinski definition) is 9. The van der Waals surface area contributed by atoms with Gasteiger partial charge in [0.05, 0.1) is 6.61 Å². The maximum atomic E-state index is 13.2. The molecule has 2 aliphatic heterocycles. The Morgan fingerprint density at radius 1 is 0.812 bits per heavy atom. The molecule has 48 heavy (non-hydrogen) atoms. The van der Waals surface area contributed by atoms with Crippen molar-refractivity contribution < 1.29 is 42.8 Å². The molecular weight excluding hydrogens is 612 g/mol. The van der Waals surface area contributed by atoms with Gasteiger partial charge in [-0.2, -0.15) is 0 Å². The number of methoxy groups -OCH3 is 1. The molecule has 0 amide bonds. The third-order valence-electron chi connectivity index (χ3n) is 8.38. The van der Waals surface area contributed by atoms with Crippen LogP contribution in [-0.2, 0) is 48.4 Å². The first-order chi connectivity index (χ1) is 23.5. The van der Waals surface area contributed by atoms with Crippen LogP contribution in [0.25, 0.3) is 0 Å². The number of carbonyl (C=O) groups excluding carboxylic acids is 3. The van der Waals surface area contributed by atoms with Crippen LogP contribution in [0.4, 0.5) is 0 Å². The van der Waals surface area contributed by atoms with Gasteiger partial charge in [0.1, 0.15) is 11.7 Å². The average Bonchev–Trinajstić information content (AvgIpc) is 3.12. The first-order valence-corrected chi connectivity index (χ1v) is 16.3. The summed E-state index contributed by atoms with van der Waals surface area (Å²) in [6.45, 7) is 3.57. The quantitative estimate of drug-likeness (QED) is 0.103. The summed E-state index contributed by atoms with van der Waals surface area (Å²) in [5.41, 5.74) is 1.46. The topological polar surface area (TPSA) is 107 Å². The molecule has 2 heterocycles. The lowest BCUT2D eigenvalue weighted by Crippen LogP contribution is -2.63. The normalized spacial score (nSPS) is 23.4. The Balaban J connectivity index is 1.57. The van der Waals surface area contributed by atoms with Gasteiger partial charge < -0.3 is 28.4 Å². The fourth-order valence-electron chi connectivity index (χ4n) is 6.07. The smallest absolute Gasteiger partial charge is 0.306 e. The number of rotatable bonds is 11. The van der Waals surface area contributed by atoms with E-state index in [-0.39, 0.29) is 25.9 Å². The molecule has 0 N–H and O–H groups in total. The molecule has 252 valence electrons. The van der Waals surface area contributed by atoms with Crippen molar-refractivity contribution >= 4 is 17.9 Å². The van der Waals surface area contributed by atoms with Crippen LogP contribution in [0.2, 0.25) is 0 Å². The van der Waals surface area contributed by atoms with E-state index < -0.39 is 54.2 Å². The molecule has 5 atom stereocenters. The number of hydrogen-bond donors (Lipinski definition) is 0. The predicted octanol–water partition coefficient (Wildman–Crippen LogP) is 6.20. The molecular formula is C39H42O9. The number of esters is 3. The molecule has 0 bridgehead atoms. The molecule has 0 spiro atoms. The van der Waals surface area contributed by atoms with Crippen molar-refractivity contribution in [3.8, 4) is 0 Å². The molecule has 1 fully saturated rings. The Bertz CT molecular complexity index is 1430. The van der Waals surface area contributed by atoms with Gasteiger partial charge in [-0.3, -0.25) is 14.4 Å². The Morgan fingerprint density at radius 2 is 1.31 bits per heavy atom. The highest BCUT2D eigenvalue weighted by Gasteiger charge is 2.53. The maximum absolute atomic E-state index is 13.2. The van der Waals surface area contributed by atoms with Crippen LogP contribution in [0.15, 0.2) is 116 Å². The van der Waals surface area contributed by atoms with Crippen LogP contribution in [0, 0.1) is 0 Å². The van der Waals surface area contributed by atoms with Gasteiger partial charge in [0.25, 0.3) is 0 Å². The highest BCUT2D eigenvalue weighted by atomic mass is 16.7. The van der Waals surface area contributed by atoms with E-state index >= 15 is 0 Å². The molecule has 0 aromatic heterocycles. The molecule has 5 rings (SSSR count). The minimum Gasteiger partial charge on any atom is -0.455 e. The minimum absolute atomic E-state index is 0.0409. The van der Waals surface area contributed by atoms with Gasteiger partial charge in [0, 0.05) is 26.4 Å². The first-order valence-electron chi connectivity index (χ1n) is 16.3. The van der Waals surface area contributed by atoms with E-state index in [0.29, 0.717) is 19.3 Å². The summed E-state index contributed by atoms with van der Waals surface area (Å²) in [5, 5.41) is 0. The molecule has 0 aliphatic carbocycles. The number of benzene rings is 3. The zero-order valence-corrected chi connectivity index (χ0v) is 27.1. The van der Waals surface area contributed by atoms with Gasteiger partial charge in [-0.25, -0.2) is 0 Å². The van der Waals surface area contributed by atoms with Crippen molar-refractivity contribution in [3.63, 3.8) is 0 Å². The Kier molecular flexibility index (Phi) is 12.3. The fourth-order valence-corrected chi connectivity index (χ4v) is 6.07. The third kappa shape index (κ3) is 8.28. The van der Waals surface area contributed by atoms with Crippen molar-refractivity contribution in [3.05, 3.63) is 132 Å². The second kappa shape index (κ2) is 17.0. The lowest BCUT2D eigenvalue weighted by Gasteiger charge is -2.45. The van der Waals surface area contributed by atoms with Gasteiger partial charge in [0.15, 0.2) is 24.6 Å². The summed E-state index contributed by atoms with van der Waals surface area (Å²) in [6, 6.07) is 29.4. The maximum Gasteiger partial charge on any atom is 0.306 e. The summed E-state index contributed by atoms with van der Waals surface area (Å²) >= 11 is 0. The van der Waals surface area contributed by atoms with Crippen LogP contribution < -0.4 is 0 Å². The first kappa shape index (κ1) is 34.8. The van der Waals surface area contributed by atoms with E-state index in [9.17, 15) is 14.4 Å². The van der Waals surface area contributed by atoms with E-state index in [1.807, 2.05) is 103 Å². The van der Waals surface area contributed by atoms with Crippen LogP contribution >= 0.6 is 0 Å². The number of allylic oxidation sites excluding steroid dienone is 3. The zero-order chi connectivity index (χ0) is 33.8. The molecule has 3 aromatic rings. The van der Waals surface area contributed by atoms with Gasteiger partial charge in [0.2, 0.25) is 0 Å². The van der Waals surface area contributed by atoms with Gasteiger partial charge in [-0.1, -0.05) is 109 Å². The molecule has 9 nitrogen and oxygen atoms in total. The van der Waals surface area contributed by atoms with Crippen molar-refractivity contribution in [1.29, 1.82) is 0 Å². The standard InChI is InChI=1S/C39H42O9/c1-3-4-24-32(40)46-35-31(45-38(43-2)37-36(35)47-33(41)25-16-5-6-17-26-34(42)48-37)27-44-39(28-18-10-7-11-19-28,29-20-12-8-13-21-29)30-22-14-9-15-23-30/h3,5-15,18-23,31,35-38H,1,4,16-17,24-27H2,2H3/t31-,35-,36+,37-,38+/m1/s1. The molecule has 0 unspecified atom stereocenters. The van der Waals surface area contributed by atoms with Crippen molar-refractivity contribution in [1.82, 2.24) is 0 Å². The summed E-state index contributed by atoms with van der Waals surface area (Å²) < 4.78 is 37.0. The largest absolute Gasteiger partial charge is 0.455 e. The van der Waals surface area contributed by atoms with E-state index in [2.05, 4.69) is 6.58 Å². The lowest BCUT2D eigenvalue weighted by molar-refractivity contribution is -0.306. The monoisotopic (exact) mass is 654 g/mol. The second-order valence-corrected chi connectivity index (χ2v) is 11.6. The molecule has 9 heteroatoms. The summed E-state index contributed by atoms with van der Waals surface area (Å²) in [5.74, 6) is -1.62. The summed E-state index contributed by atoms with van der Waals surface area (Å²) in [4.78, 5) is 39.2. The molecule has 0 radical (unpaired) electrons. The molecule has 2 aliphatic rings. The average molecular weight is 655 g/mol. The van der Waals surface area contributed by atoms with Gasteiger partial charge in [-0.15, -0.1) is 6.58 Å². The van der Waals surface area contributed by atoms with Gasteiger partial charge in [-0.05, 0) is 36.0 Å². The second-order valence-electron chi connectivity index (χ2n) is 11.6. The molecule has 3 aromatic carbocycles. The fraction of sp³-hybridized carbons (Fsp3) is 0.359. The number of fused-ring (bicyclic) bond motifs is 1. The lowest BCUT2D eigenvalue weighted by atomic mass is 9.80. The molecule has 1 saturated heterocycles. The van der Waals surface area contributed by atoms with E-state index in [1.165, 1.54) is 7.11 Å². The minimum atomic E-state index is -1.23. The third-order valence-corrected chi connectivity index (χ3v) is 8.38. The van der Waals surface area contributed by atoms with Crippen LogP contribution in [0.3, 0.4) is 0 Å². The zero-order valence-electron chi connectivity index (χ0n) is 27.1. The molecule has 0 saturated carbocycles. The summed E-state index contributed by atoms with van der Waals surface area (Å²) in [6.07, 6.45) is 0.968.